The monoisotopic (exact) mass is 289 g/mol. The van der Waals surface area contributed by atoms with Gasteiger partial charge in [-0.25, -0.2) is 4.98 Å². The summed E-state index contributed by atoms with van der Waals surface area (Å²) in [6.07, 6.45) is 0. The van der Waals surface area contributed by atoms with Crippen LogP contribution in [0.3, 0.4) is 0 Å². The van der Waals surface area contributed by atoms with Gasteiger partial charge in [0, 0.05) is 31.1 Å². The summed E-state index contributed by atoms with van der Waals surface area (Å²) < 4.78 is 0. The lowest BCUT2D eigenvalue weighted by molar-refractivity contribution is 0.0781. The average Bonchev–Trinajstić information content (AvgIpc) is 2.94. The van der Waals surface area contributed by atoms with Crippen molar-refractivity contribution in [2.24, 2.45) is 0 Å². The summed E-state index contributed by atoms with van der Waals surface area (Å²) in [5, 5.41) is 2.71. The van der Waals surface area contributed by atoms with Crippen LogP contribution >= 0.6 is 11.3 Å². The normalized spacial score (nSPS) is 10.8. The first-order chi connectivity index (χ1) is 9.58. The predicted molar refractivity (Wildman–Crippen MR) is 83.1 cm³/mol. The maximum absolute atomic E-state index is 12.3. The minimum absolute atomic E-state index is 0.0229. The van der Waals surface area contributed by atoms with E-state index in [0.29, 0.717) is 12.2 Å². The molecule has 0 fully saturated rings. The van der Waals surface area contributed by atoms with Gasteiger partial charge in [0.25, 0.3) is 5.91 Å². The van der Waals surface area contributed by atoms with E-state index in [1.165, 1.54) is 11.3 Å². The Morgan fingerprint density at radius 3 is 2.50 bits per heavy atom. The zero-order valence-electron chi connectivity index (χ0n) is 12.0. The molecule has 0 saturated heterocycles. The smallest absolute Gasteiger partial charge is 0.273 e. The Balaban J connectivity index is 2.07. The molecule has 1 aromatic heterocycles. The molecule has 0 aliphatic rings. The molecule has 1 amide bonds. The van der Waals surface area contributed by atoms with Crippen LogP contribution in [0.25, 0.3) is 10.6 Å². The zero-order chi connectivity index (χ0) is 14.5. The Hall–Kier alpha value is -1.72. The second-order valence-corrected chi connectivity index (χ2v) is 5.79. The van der Waals surface area contributed by atoms with Crippen molar-refractivity contribution < 1.29 is 4.79 Å². The highest BCUT2D eigenvalue weighted by Gasteiger charge is 2.15. The van der Waals surface area contributed by atoms with Crippen molar-refractivity contribution in [1.29, 1.82) is 0 Å². The lowest BCUT2D eigenvalue weighted by Gasteiger charge is -2.18. The average molecular weight is 289 g/mol. The van der Waals surface area contributed by atoms with Gasteiger partial charge in [0.1, 0.15) is 10.7 Å². The molecule has 2 aromatic rings. The van der Waals surface area contributed by atoms with Gasteiger partial charge in [-0.3, -0.25) is 4.79 Å². The fourth-order valence-corrected chi connectivity index (χ4v) is 2.53. The maximum atomic E-state index is 12.3. The fourth-order valence-electron chi connectivity index (χ4n) is 1.73. The van der Waals surface area contributed by atoms with Crippen LogP contribution in [-0.4, -0.2) is 54.9 Å². The lowest BCUT2D eigenvalue weighted by atomic mass is 10.2. The Labute approximate surface area is 123 Å². The number of rotatable bonds is 5. The zero-order valence-corrected chi connectivity index (χ0v) is 12.9. The molecule has 20 heavy (non-hydrogen) atoms. The molecule has 0 atom stereocenters. The molecule has 106 valence electrons. The van der Waals surface area contributed by atoms with Gasteiger partial charge in [-0.15, -0.1) is 11.3 Å². The molecule has 0 N–H and O–H groups in total. The number of likely N-dealkylation sites (N-methyl/N-ethyl adjacent to an activating group) is 2. The van der Waals surface area contributed by atoms with E-state index >= 15 is 0 Å². The fraction of sp³-hybridized carbons (Fsp3) is 0.333. The first kappa shape index (κ1) is 14.7. The topological polar surface area (TPSA) is 36.4 Å². The van der Waals surface area contributed by atoms with E-state index in [0.717, 1.165) is 17.1 Å². The molecule has 2 rings (SSSR count). The molecule has 1 heterocycles. The van der Waals surface area contributed by atoms with Crippen molar-refractivity contribution in [1.82, 2.24) is 14.8 Å². The highest BCUT2D eigenvalue weighted by Crippen LogP contribution is 2.23. The number of nitrogens with zero attached hydrogens (tertiary/aromatic N) is 3. The van der Waals surface area contributed by atoms with E-state index in [1.807, 2.05) is 56.9 Å². The van der Waals surface area contributed by atoms with Gasteiger partial charge in [-0.2, -0.15) is 0 Å². The quantitative estimate of drug-likeness (QED) is 0.848. The number of benzene rings is 1. The molecule has 1 aromatic carbocycles. The van der Waals surface area contributed by atoms with Crippen molar-refractivity contribution in [2.75, 3.05) is 34.2 Å². The van der Waals surface area contributed by atoms with Crippen LogP contribution in [0.5, 0.6) is 0 Å². The molecule has 5 heteroatoms. The van der Waals surface area contributed by atoms with E-state index in [-0.39, 0.29) is 5.91 Å². The summed E-state index contributed by atoms with van der Waals surface area (Å²) >= 11 is 1.50. The van der Waals surface area contributed by atoms with Crippen molar-refractivity contribution >= 4 is 17.2 Å². The van der Waals surface area contributed by atoms with Crippen molar-refractivity contribution in [3.05, 3.63) is 41.4 Å². The summed E-state index contributed by atoms with van der Waals surface area (Å²) in [6.45, 7) is 1.54. The van der Waals surface area contributed by atoms with Crippen molar-refractivity contribution in [2.45, 2.75) is 0 Å². The Bertz CT molecular complexity index is 566. The third kappa shape index (κ3) is 3.65. The minimum atomic E-state index is -0.0229. The summed E-state index contributed by atoms with van der Waals surface area (Å²) in [6, 6.07) is 9.92. The van der Waals surface area contributed by atoms with E-state index in [4.69, 9.17) is 0 Å². The number of hydrogen-bond donors (Lipinski definition) is 0. The predicted octanol–water partition coefficient (Wildman–Crippen LogP) is 2.44. The molecule has 0 bridgehead atoms. The van der Waals surface area contributed by atoms with Crippen LogP contribution < -0.4 is 0 Å². The molecule has 0 radical (unpaired) electrons. The largest absolute Gasteiger partial charge is 0.339 e. The van der Waals surface area contributed by atoms with Crippen LogP contribution in [0.4, 0.5) is 0 Å². The first-order valence-electron chi connectivity index (χ1n) is 6.49. The third-order valence-corrected chi connectivity index (χ3v) is 3.86. The summed E-state index contributed by atoms with van der Waals surface area (Å²) in [5.41, 5.74) is 1.57. The molecule has 4 nitrogen and oxygen atoms in total. The molecule has 0 spiro atoms. The Kier molecular flexibility index (Phi) is 4.87. The number of amides is 1. The number of carbonyl (C=O) groups excluding carboxylic acids is 1. The highest BCUT2D eigenvalue weighted by atomic mass is 32.1. The second kappa shape index (κ2) is 6.63. The molecular weight excluding hydrogens is 270 g/mol. The van der Waals surface area contributed by atoms with Gasteiger partial charge in [0.05, 0.1) is 0 Å². The number of thiazole rings is 1. The Morgan fingerprint density at radius 1 is 1.15 bits per heavy atom. The highest BCUT2D eigenvalue weighted by molar-refractivity contribution is 7.13. The van der Waals surface area contributed by atoms with Gasteiger partial charge in [-0.05, 0) is 14.1 Å². The number of hydrogen-bond acceptors (Lipinski definition) is 4. The van der Waals surface area contributed by atoms with Crippen molar-refractivity contribution in [3.63, 3.8) is 0 Å². The SMILES string of the molecule is CN(C)CCN(C)C(=O)c1csc(-c2ccccc2)n1. The van der Waals surface area contributed by atoms with E-state index in [2.05, 4.69) is 9.88 Å². The number of aromatic nitrogens is 1. The van der Waals surface area contributed by atoms with Crippen LogP contribution in [0.1, 0.15) is 10.5 Å². The Morgan fingerprint density at radius 2 is 1.85 bits per heavy atom. The van der Waals surface area contributed by atoms with Gasteiger partial charge >= 0.3 is 0 Å². The molecule has 0 aliphatic carbocycles. The molecule has 0 aliphatic heterocycles. The van der Waals surface area contributed by atoms with Gasteiger partial charge in [0.15, 0.2) is 0 Å². The van der Waals surface area contributed by atoms with Crippen molar-refractivity contribution in [3.8, 4) is 10.6 Å². The van der Waals surface area contributed by atoms with E-state index in [1.54, 1.807) is 4.90 Å². The van der Waals surface area contributed by atoms with Gasteiger partial charge in [-0.1, -0.05) is 30.3 Å². The van der Waals surface area contributed by atoms with Crippen LogP contribution in [-0.2, 0) is 0 Å². The molecular formula is C15H19N3OS. The number of carbonyl (C=O) groups is 1. The summed E-state index contributed by atoms with van der Waals surface area (Å²) in [7, 11) is 5.80. The molecule has 0 saturated carbocycles. The third-order valence-electron chi connectivity index (χ3n) is 2.97. The maximum Gasteiger partial charge on any atom is 0.273 e. The van der Waals surface area contributed by atoms with Crippen LogP contribution in [0.2, 0.25) is 0 Å². The van der Waals surface area contributed by atoms with Gasteiger partial charge < -0.3 is 9.80 Å². The summed E-state index contributed by atoms with van der Waals surface area (Å²) in [4.78, 5) is 20.5. The minimum Gasteiger partial charge on any atom is -0.339 e. The van der Waals surface area contributed by atoms with Crippen LogP contribution in [0, 0.1) is 0 Å². The van der Waals surface area contributed by atoms with Crippen LogP contribution in [0.15, 0.2) is 35.7 Å². The standard InChI is InChI=1S/C15H19N3OS/c1-17(2)9-10-18(3)15(19)13-11-20-14(16-13)12-7-5-4-6-8-12/h4-8,11H,9-10H2,1-3H3. The van der Waals surface area contributed by atoms with E-state index in [9.17, 15) is 4.79 Å². The first-order valence-corrected chi connectivity index (χ1v) is 7.37. The summed E-state index contributed by atoms with van der Waals surface area (Å²) in [5.74, 6) is -0.0229. The van der Waals surface area contributed by atoms with Gasteiger partial charge in [0.2, 0.25) is 0 Å². The molecule has 0 unspecified atom stereocenters. The second-order valence-electron chi connectivity index (χ2n) is 4.93. The lowest BCUT2D eigenvalue weighted by Crippen LogP contribution is -2.33. The van der Waals surface area contributed by atoms with E-state index < -0.39 is 0 Å².